The number of likely N-dealkylation sites (N-methyl/N-ethyl adjacent to an activating group) is 2. The Bertz CT molecular complexity index is 883. The summed E-state index contributed by atoms with van der Waals surface area (Å²) in [5.41, 5.74) is 0.284. The van der Waals surface area contributed by atoms with Gasteiger partial charge in [-0.15, -0.1) is 0 Å². The maximum atomic E-state index is 13.9. The van der Waals surface area contributed by atoms with Crippen LogP contribution < -0.4 is 9.64 Å². The van der Waals surface area contributed by atoms with Gasteiger partial charge in [-0.05, 0) is 37.6 Å². The average Bonchev–Trinajstić information content (AvgIpc) is 2.62. The van der Waals surface area contributed by atoms with E-state index >= 15 is 0 Å². The molecule has 3 rings (SSSR count). The highest BCUT2D eigenvalue weighted by Crippen LogP contribution is 2.38. The van der Waals surface area contributed by atoms with Gasteiger partial charge in [-0.2, -0.15) is 0 Å². The highest BCUT2D eigenvalue weighted by molar-refractivity contribution is 6.16. The van der Waals surface area contributed by atoms with Crippen molar-refractivity contribution in [3.8, 4) is 5.75 Å². The van der Waals surface area contributed by atoms with Crippen LogP contribution in [0.2, 0.25) is 0 Å². The first kappa shape index (κ1) is 17.9. The average molecular weight is 356 g/mol. The van der Waals surface area contributed by atoms with Crippen molar-refractivity contribution in [1.82, 2.24) is 4.90 Å². The number of ether oxygens (including phenoxy) is 1. The minimum Gasteiger partial charge on any atom is -0.465 e. The zero-order valence-electron chi connectivity index (χ0n) is 15.2. The van der Waals surface area contributed by atoms with Crippen LogP contribution in [0.25, 0.3) is 0 Å². The Kier molecular flexibility index (Phi) is 4.44. The summed E-state index contributed by atoms with van der Waals surface area (Å²) in [7, 11) is 3.15. The highest BCUT2D eigenvalue weighted by atomic mass is 19.1. The minimum absolute atomic E-state index is 0.0439. The van der Waals surface area contributed by atoms with Gasteiger partial charge >= 0.3 is 0 Å². The van der Waals surface area contributed by atoms with E-state index in [0.717, 1.165) is 5.56 Å². The molecule has 2 aromatic carbocycles. The van der Waals surface area contributed by atoms with Crippen molar-refractivity contribution in [2.24, 2.45) is 0 Å². The number of halogens is 1. The Hall–Kier alpha value is -2.89. The SMILES string of the molecule is Cc1ccc2c(c1)N(C)C(=O)C(C)(C(=O)N(C)Cc1ccccc1F)O2. The van der Waals surface area contributed by atoms with Crippen LogP contribution in [0.4, 0.5) is 10.1 Å². The van der Waals surface area contributed by atoms with E-state index in [1.807, 2.05) is 19.1 Å². The van der Waals surface area contributed by atoms with E-state index in [0.29, 0.717) is 17.0 Å². The lowest BCUT2D eigenvalue weighted by molar-refractivity contribution is -0.155. The maximum Gasteiger partial charge on any atom is 0.280 e. The summed E-state index contributed by atoms with van der Waals surface area (Å²) in [6.45, 7) is 3.41. The minimum atomic E-state index is -1.70. The Morgan fingerprint density at radius 2 is 1.96 bits per heavy atom. The number of aryl methyl sites for hydroxylation is 1. The van der Waals surface area contributed by atoms with Crippen molar-refractivity contribution < 1.29 is 18.7 Å². The molecule has 136 valence electrons. The van der Waals surface area contributed by atoms with Gasteiger partial charge in [-0.3, -0.25) is 9.59 Å². The van der Waals surface area contributed by atoms with Crippen molar-refractivity contribution in [3.63, 3.8) is 0 Å². The van der Waals surface area contributed by atoms with Crippen molar-refractivity contribution in [2.45, 2.75) is 26.0 Å². The molecular formula is C20H21FN2O3. The summed E-state index contributed by atoms with van der Waals surface area (Å²) in [5.74, 6) is -0.913. The van der Waals surface area contributed by atoms with Gasteiger partial charge in [0.25, 0.3) is 17.4 Å². The van der Waals surface area contributed by atoms with E-state index in [1.54, 1.807) is 31.3 Å². The van der Waals surface area contributed by atoms with Gasteiger partial charge in [0, 0.05) is 26.2 Å². The van der Waals surface area contributed by atoms with Crippen molar-refractivity contribution >= 4 is 17.5 Å². The maximum absolute atomic E-state index is 13.9. The van der Waals surface area contributed by atoms with Gasteiger partial charge in [-0.25, -0.2) is 4.39 Å². The van der Waals surface area contributed by atoms with E-state index < -0.39 is 23.2 Å². The molecule has 0 saturated carbocycles. The first-order valence-electron chi connectivity index (χ1n) is 8.31. The fraction of sp³-hybridized carbons (Fsp3) is 0.300. The van der Waals surface area contributed by atoms with E-state index in [2.05, 4.69) is 0 Å². The molecule has 0 aliphatic carbocycles. The first-order valence-corrected chi connectivity index (χ1v) is 8.31. The van der Waals surface area contributed by atoms with Crippen LogP contribution in [0.15, 0.2) is 42.5 Å². The molecular weight excluding hydrogens is 335 g/mol. The summed E-state index contributed by atoms with van der Waals surface area (Å²) in [6.07, 6.45) is 0. The zero-order valence-corrected chi connectivity index (χ0v) is 15.2. The summed E-state index contributed by atoms with van der Waals surface area (Å²) in [6, 6.07) is 11.7. The molecule has 1 unspecified atom stereocenters. The molecule has 1 aliphatic heterocycles. The molecule has 0 aromatic heterocycles. The normalized spacial score (nSPS) is 19.0. The zero-order chi connectivity index (χ0) is 19.1. The van der Waals surface area contributed by atoms with E-state index in [1.165, 1.54) is 29.8 Å². The molecule has 0 bridgehead atoms. The summed E-state index contributed by atoms with van der Waals surface area (Å²) in [5, 5.41) is 0. The predicted octanol–water partition coefficient (Wildman–Crippen LogP) is 2.91. The van der Waals surface area contributed by atoms with Crippen LogP contribution in [0, 0.1) is 12.7 Å². The molecule has 1 atom stereocenters. The molecule has 0 fully saturated rings. The molecule has 5 nitrogen and oxygen atoms in total. The van der Waals surface area contributed by atoms with Gasteiger partial charge in [0.2, 0.25) is 0 Å². The van der Waals surface area contributed by atoms with Crippen LogP contribution in [-0.2, 0) is 16.1 Å². The summed E-state index contributed by atoms with van der Waals surface area (Å²) in [4.78, 5) is 28.6. The quantitative estimate of drug-likeness (QED) is 0.795. The van der Waals surface area contributed by atoms with E-state index in [9.17, 15) is 14.0 Å². The molecule has 6 heteroatoms. The number of amides is 2. The molecule has 26 heavy (non-hydrogen) atoms. The third kappa shape index (κ3) is 2.92. The third-order valence-corrected chi connectivity index (χ3v) is 4.62. The number of anilines is 1. The Labute approximate surface area is 152 Å². The molecule has 1 aliphatic rings. The molecule has 0 saturated heterocycles. The van der Waals surface area contributed by atoms with Gasteiger partial charge in [0.05, 0.1) is 5.69 Å². The topological polar surface area (TPSA) is 49.9 Å². The largest absolute Gasteiger partial charge is 0.465 e. The van der Waals surface area contributed by atoms with Crippen molar-refractivity contribution in [1.29, 1.82) is 0 Å². The molecule has 2 aromatic rings. The van der Waals surface area contributed by atoms with Crippen LogP contribution in [0.1, 0.15) is 18.1 Å². The number of hydrogen-bond acceptors (Lipinski definition) is 3. The molecule has 0 spiro atoms. The fourth-order valence-electron chi connectivity index (χ4n) is 3.12. The molecule has 0 radical (unpaired) electrons. The monoisotopic (exact) mass is 356 g/mol. The Morgan fingerprint density at radius 3 is 2.65 bits per heavy atom. The Balaban J connectivity index is 1.89. The number of carbonyl (C=O) groups is 2. The van der Waals surface area contributed by atoms with Crippen LogP contribution in [0.3, 0.4) is 0 Å². The standard InChI is InChI=1S/C20H21FN2O3/c1-13-9-10-17-16(11-13)23(4)19(25)20(2,26-17)18(24)22(3)12-14-7-5-6-8-15(14)21/h5-11H,12H2,1-4H3. The van der Waals surface area contributed by atoms with E-state index in [-0.39, 0.29) is 6.54 Å². The number of carbonyl (C=O) groups excluding carboxylic acids is 2. The number of nitrogens with zero attached hydrogens (tertiary/aromatic N) is 2. The van der Waals surface area contributed by atoms with E-state index in [4.69, 9.17) is 4.74 Å². The smallest absolute Gasteiger partial charge is 0.280 e. The summed E-state index contributed by atoms with van der Waals surface area (Å²) >= 11 is 0. The lowest BCUT2D eigenvalue weighted by atomic mass is 9.99. The van der Waals surface area contributed by atoms with Crippen molar-refractivity contribution in [3.05, 3.63) is 59.4 Å². The van der Waals surface area contributed by atoms with Crippen LogP contribution in [0.5, 0.6) is 5.75 Å². The lowest BCUT2D eigenvalue weighted by Gasteiger charge is -2.39. The van der Waals surface area contributed by atoms with Crippen molar-refractivity contribution in [2.75, 3.05) is 19.0 Å². The number of fused-ring (bicyclic) bond motifs is 1. The lowest BCUT2D eigenvalue weighted by Crippen LogP contribution is -2.61. The van der Waals surface area contributed by atoms with Gasteiger partial charge in [-0.1, -0.05) is 24.3 Å². The van der Waals surface area contributed by atoms with Crippen LogP contribution >= 0.6 is 0 Å². The second-order valence-electron chi connectivity index (χ2n) is 6.72. The highest BCUT2D eigenvalue weighted by Gasteiger charge is 2.51. The van der Waals surface area contributed by atoms with Gasteiger partial charge in [0.15, 0.2) is 0 Å². The van der Waals surface area contributed by atoms with Gasteiger partial charge in [0.1, 0.15) is 11.6 Å². The predicted molar refractivity (Wildman–Crippen MR) is 96.5 cm³/mol. The molecule has 2 amide bonds. The second-order valence-corrected chi connectivity index (χ2v) is 6.72. The summed E-state index contributed by atoms with van der Waals surface area (Å²) < 4.78 is 19.7. The molecule has 0 N–H and O–H groups in total. The Morgan fingerprint density at radius 1 is 1.27 bits per heavy atom. The van der Waals surface area contributed by atoms with Gasteiger partial charge < -0.3 is 14.5 Å². The fourth-order valence-corrected chi connectivity index (χ4v) is 3.12. The number of rotatable bonds is 3. The first-order chi connectivity index (χ1) is 12.2. The molecule has 1 heterocycles. The number of hydrogen-bond donors (Lipinski definition) is 0. The van der Waals surface area contributed by atoms with Crippen LogP contribution in [-0.4, -0.2) is 36.4 Å². The third-order valence-electron chi connectivity index (χ3n) is 4.62. The number of benzene rings is 2. The second kappa shape index (κ2) is 6.44.